The number of aromatic nitrogens is 3. The maximum atomic E-state index is 11.4. The van der Waals surface area contributed by atoms with Crippen LogP contribution >= 0.6 is 0 Å². The zero-order valence-corrected chi connectivity index (χ0v) is 11.5. The highest BCUT2D eigenvalue weighted by Gasteiger charge is 2.12. The predicted octanol–water partition coefficient (Wildman–Crippen LogP) is 2.89. The molecule has 3 aromatic rings. The number of anilines is 1. The monoisotopic (exact) mass is 278 g/mol. The molecule has 104 valence electrons. The number of amides is 1. The molecule has 0 fully saturated rings. The van der Waals surface area contributed by atoms with Gasteiger partial charge in [-0.15, -0.1) is 0 Å². The van der Waals surface area contributed by atoms with Crippen molar-refractivity contribution in [3.05, 3.63) is 60.9 Å². The van der Waals surface area contributed by atoms with Crippen molar-refractivity contribution in [1.82, 2.24) is 14.8 Å². The molecule has 5 heteroatoms. The largest absolute Gasteiger partial charge is 0.311 e. The van der Waals surface area contributed by atoms with E-state index in [9.17, 15) is 4.79 Å². The molecule has 0 aliphatic heterocycles. The van der Waals surface area contributed by atoms with Gasteiger partial charge in [0, 0.05) is 30.9 Å². The van der Waals surface area contributed by atoms with Gasteiger partial charge in [0.05, 0.1) is 11.4 Å². The van der Waals surface area contributed by atoms with Gasteiger partial charge in [-0.05, 0) is 24.3 Å². The van der Waals surface area contributed by atoms with Gasteiger partial charge in [-0.2, -0.15) is 5.10 Å². The highest BCUT2D eigenvalue weighted by atomic mass is 16.1. The number of hydrogen-bond donors (Lipinski definition) is 1. The summed E-state index contributed by atoms with van der Waals surface area (Å²) in [6, 6.07) is 15.3. The van der Waals surface area contributed by atoms with Crippen LogP contribution < -0.4 is 5.32 Å². The van der Waals surface area contributed by atoms with Gasteiger partial charge < -0.3 is 5.32 Å². The van der Waals surface area contributed by atoms with Gasteiger partial charge >= 0.3 is 0 Å². The fraction of sp³-hybridized carbons (Fsp3) is 0.0625. The quantitative estimate of drug-likeness (QED) is 0.801. The zero-order chi connectivity index (χ0) is 14.7. The van der Waals surface area contributed by atoms with E-state index in [0.717, 1.165) is 16.9 Å². The lowest BCUT2D eigenvalue weighted by Crippen LogP contribution is -2.10. The van der Waals surface area contributed by atoms with E-state index in [1.807, 2.05) is 48.5 Å². The second-order valence-electron chi connectivity index (χ2n) is 4.59. The number of hydrogen-bond acceptors (Lipinski definition) is 3. The van der Waals surface area contributed by atoms with Gasteiger partial charge in [0.2, 0.25) is 5.91 Å². The third kappa shape index (κ3) is 2.81. The van der Waals surface area contributed by atoms with Gasteiger partial charge in [0.25, 0.3) is 0 Å². The van der Waals surface area contributed by atoms with E-state index in [4.69, 9.17) is 0 Å². The fourth-order valence-electron chi connectivity index (χ4n) is 2.07. The Balaban J connectivity index is 2.10. The molecule has 0 unspecified atom stereocenters. The Morgan fingerprint density at radius 3 is 2.62 bits per heavy atom. The fourth-order valence-corrected chi connectivity index (χ4v) is 2.07. The van der Waals surface area contributed by atoms with Crippen LogP contribution in [0.4, 0.5) is 5.82 Å². The molecule has 2 heterocycles. The number of para-hydroxylation sites is 1. The lowest BCUT2D eigenvalue weighted by Gasteiger charge is -2.06. The van der Waals surface area contributed by atoms with Crippen molar-refractivity contribution in [2.24, 2.45) is 0 Å². The summed E-state index contributed by atoms with van der Waals surface area (Å²) < 4.78 is 1.71. The summed E-state index contributed by atoms with van der Waals surface area (Å²) in [5.41, 5.74) is 2.55. The molecule has 1 N–H and O–H groups in total. The third-order valence-electron chi connectivity index (χ3n) is 2.97. The molecule has 0 saturated heterocycles. The summed E-state index contributed by atoms with van der Waals surface area (Å²) in [7, 11) is 0. The van der Waals surface area contributed by atoms with Crippen molar-refractivity contribution in [2.75, 3.05) is 5.32 Å². The number of carbonyl (C=O) groups excluding carboxylic acids is 1. The van der Waals surface area contributed by atoms with E-state index in [-0.39, 0.29) is 5.91 Å². The van der Waals surface area contributed by atoms with Crippen LogP contribution in [0, 0.1) is 0 Å². The molecule has 0 spiro atoms. The molecule has 1 amide bonds. The molecule has 0 bridgehead atoms. The minimum atomic E-state index is -0.134. The van der Waals surface area contributed by atoms with E-state index in [1.54, 1.807) is 17.1 Å². The standard InChI is InChI=1S/C16H14N4O/c1-12(21)18-16-10-15(13-6-5-9-17-11-13)19-20(16)14-7-3-2-4-8-14/h2-11H,1H3,(H,18,21). The first-order valence-electron chi connectivity index (χ1n) is 6.57. The highest BCUT2D eigenvalue weighted by Crippen LogP contribution is 2.24. The summed E-state index contributed by atoms with van der Waals surface area (Å²) in [6.07, 6.45) is 3.46. The average Bonchev–Trinajstić information content (AvgIpc) is 2.92. The van der Waals surface area contributed by atoms with Gasteiger partial charge in [-0.3, -0.25) is 9.78 Å². The van der Waals surface area contributed by atoms with E-state index >= 15 is 0 Å². The summed E-state index contributed by atoms with van der Waals surface area (Å²) in [6.45, 7) is 1.48. The molecule has 0 aliphatic rings. The van der Waals surface area contributed by atoms with E-state index in [2.05, 4.69) is 15.4 Å². The Morgan fingerprint density at radius 1 is 1.14 bits per heavy atom. The van der Waals surface area contributed by atoms with Crippen LogP contribution in [0.15, 0.2) is 60.9 Å². The lowest BCUT2D eigenvalue weighted by atomic mass is 10.2. The van der Waals surface area contributed by atoms with E-state index in [0.29, 0.717) is 5.82 Å². The summed E-state index contributed by atoms with van der Waals surface area (Å²) in [4.78, 5) is 15.5. The van der Waals surface area contributed by atoms with Crippen molar-refractivity contribution in [2.45, 2.75) is 6.92 Å². The first-order chi connectivity index (χ1) is 10.2. The number of carbonyl (C=O) groups is 1. The molecular formula is C16H14N4O. The molecule has 3 rings (SSSR count). The predicted molar refractivity (Wildman–Crippen MR) is 81.1 cm³/mol. The number of nitrogens with one attached hydrogen (secondary N) is 1. The number of benzene rings is 1. The Bertz CT molecular complexity index is 750. The number of pyridine rings is 1. The second kappa shape index (κ2) is 5.58. The minimum Gasteiger partial charge on any atom is -0.311 e. The normalized spacial score (nSPS) is 10.3. The Morgan fingerprint density at radius 2 is 1.95 bits per heavy atom. The lowest BCUT2D eigenvalue weighted by molar-refractivity contribution is -0.114. The summed E-state index contributed by atoms with van der Waals surface area (Å²) >= 11 is 0. The first-order valence-corrected chi connectivity index (χ1v) is 6.57. The second-order valence-corrected chi connectivity index (χ2v) is 4.59. The minimum absolute atomic E-state index is 0.134. The molecule has 5 nitrogen and oxygen atoms in total. The Kier molecular flexibility index (Phi) is 3.47. The number of nitrogens with zero attached hydrogens (tertiary/aromatic N) is 3. The van der Waals surface area contributed by atoms with Crippen LogP contribution in [-0.4, -0.2) is 20.7 Å². The molecule has 0 atom stereocenters. The molecule has 21 heavy (non-hydrogen) atoms. The maximum Gasteiger partial charge on any atom is 0.222 e. The third-order valence-corrected chi connectivity index (χ3v) is 2.97. The zero-order valence-electron chi connectivity index (χ0n) is 11.5. The molecular weight excluding hydrogens is 264 g/mol. The summed E-state index contributed by atoms with van der Waals surface area (Å²) in [5.74, 6) is 0.498. The topological polar surface area (TPSA) is 59.8 Å². The number of rotatable bonds is 3. The van der Waals surface area contributed by atoms with Gasteiger partial charge in [0.1, 0.15) is 5.82 Å². The maximum absolute atomic E-state index is 11.4. The summed E-state index contributed by atoms with van der Waals surface area (Å²) in [5, 5.41) is 7.37. The van der Waals surface area contributed by atoms with Gasteiger partial charge in [0.15, 0.2) is 0 Å². The molecule has 0 saturated carbocycles. The molecule has 1 aromatic carbocycles. The molecule has 0 radical (unpaired) electrons. The van der Waals surface area contributed by atoms with Crippen LogP contribution in [0.1, 0.15) is 6.92 Å². The van der Waals surface area contributed by atoms with Crippen molar-refractivity contribution >= 4 is 11.7 Å². The van der Waals surface area contributed by atoms with Crippen LogP contribution in [-0.2, 0) is 4.79 Å². The van der Waals surface area contributed by atoms with Crippen molar-refractivity contribution in [1.29, 1.82) is 0 Å². The van der Waals surface area contributed by atoms with Crippen LogP contribution in [0.25, 0.3) is 16.9 Å². The van der Waals surface area contributed by atoms with Gasteiger partial charge in [-0.1, -0.05) is 18.2 Å². The average molecular weight is 278 g/mol. The molecule has 2 aromatic heterocycles. The van der Waals surface area contributed by atoms with Crippen LogP contribution in [0.3, 0.4) is 0 Å². The molecule has 0 aliphatic carbocycles. The highest BCUT2D eigenvalue weighted by molar-refractivity contribution is 5.88. The smallest absolute Gasteiger partial charge is 0.222 e. The van der Waals surface area contributed by atoms with E-state index < -0.39 is 0 Å². The van der Waals surface area contributed by atoms with Crippen LogP contribution in [0.2, 0.25) is 0 Å². The first kappa shape index (κ1) is 13.1. The van der Waals surface area contributed by atoms with E-state index in [1.165, 1.54) is 6.92 Å². The van der Waals surface area contributed by atoms with Gasteiger partial charge in [-0.25, -0.2) is 4.68 Å². The van der Waals surface area contributed by atoms with Crippen molar-refractivity contribution in [3.63, 3.8) is 0 Å². The Hall–Kier alpha value is -2.95. The SMILES string of the molecule is CC(=O)Nc1cc(-c2cccnc2)nn1-c1ccccc1. The Labute approximate surface area is 122 Å². The van der Waals surface area contributed by atoms with Crippen LogP contribution in [0.5, 0.6) is 0 Å². The van der Waals surface area contributed by atoms with Crippen molar-refractivity contribution < 1.29 is 4.79 Å². The van der Waals surface area contributed by atoms with Crippen molar-refractivity contribution in [3.8, 4) is 16.9 Å².